The monoisotopic (exact) mass is 279 g/mol. The Morgan fingerprint density at radius 1 is 1.37 bits per heavy atom. The molecule has 1 aromatic heterocycles. The fraction of sp³-hybridized carbons (Fsp3) is 0.455. The van der Waals surface area contributed by atoms with Crippen LogP contribution >= 0.6 is 0 Å². The minimum atomic E-state index is -4.91. The van der Waals surface area contributed by atoms with Gasteiger partial charge in [0.25, 0.3) is 0 Å². The topological polar surface area (TPSA) is 57.7 Å². The number of ether oxygens (including phenoxy) is 3. The largest absolute Gasteiger partial charge is 0.573 e. The molecular formula is C11H12F3NO4. The van der Waals surface area contributed by atoms with Crippen LogP contribution in [0, 0.1) is 6.92 Å². The Morgan fingerprint density at radius 3 is 2.47 bits per heavy atom. The van der Waals surface area contributed by atoms with Crippen LogP contribution in [-0.2, 0) is 16.0 Å². The van der Waals surface area contributed by atoms with Gasteiger partial charge >= 0.3 is 12.3 Å². The average molecular weight is 279 g/mol. The van der Waals surface area contributed by atoms with Crippen LogP contribution in [0.25, 0.3) is 0 Å². The summed E-state index contributed by atoms with van der Waals surface area (Å²) >= 11 is 0. The van der Waals surface area contributed by atoms with Gasteiger partial charge in [-0.25, -0.2) is 0 Å². The molecule has 106 valence electrons. The molecule has 0 aliphatic carbocycles. The summed E-state index contributed by atoms with van der Waals surface area (Å²) in [7, 11) is 2.32. The van der Waals surface area contributed by atoms with Gasteiger partial charge in [0.05, 0.1) is 26.3 Å². The standard InChI is InChI=1S/C11H12F3NO4/c1-6-4-8(17-2)10(19-11(12,13)14)7(15-6)5-9(16)18-3/h4H,5H2,1-3H3. The molecule has 8 heteroatoms. The maximum atomic E-state index is 12.3. The second kappa shape index (κ2) is 5.77. The molecule has 0 unspecified atom stereocenters. The van der Waals surface area contributed by atoms with Gasteiger partial charge in [-0.3, -0.25) is 9.78 Å². The van der Waals surface area contributed by atoms with Gasteiger partial charge in [0, 0.05) is 11.8 Å². The summed E-state index contributed by atoms with van der Waals surface area (Å²) in [6.07, 6.45) is -5.35. The summed E-state index contributed by atoms with van der Waals surface area (Å²) in [5, 5.41) is 0. The fourth-order valence-corrected chi connectivity index (χ4v) is 1.40. The molecule has 0 amide bonds. The van der Waals surface area contributed by atoms with Gasteiger partial charge < -0.3 is 14.2 Å². The van der Waals surface area contributed by atoms with Crippen LogP contribution in [-0.4, -0.2) is 31.5 Å². The Hall–Kier alpha value is -1.99. The van der Waals surface area contributed by atoms with Crippen molar-refractivity contribution in [3.05, 3.63) is 17.5 Å². The third-order valence-electron chi connectivity index (χ3n) is 2.11. The SMILES string of the molecule is COC(=O)Cc1nc(C)cc(OC)c1OC(F)(F)F. The average Bonchev–Trinajstić information content (AvgIpc) is 2.30. The van der Waals surface area contributed by atoms with Gasteiger partial charge in [-0.05, 0) is 6.92 Å². The second-order valence-corrected chi connectivity index (χ2v) is 3.54. The van der Waals surface area contributed by atoms with Crippen molar-refractivity contribution < 1.29 is 32.2 Å². The highest BCUT2D eigenvalue weighted by Crippen LogP contribution is 2.35. The number of rotatable bonds is 4. The van der Waals surface area contributed by atoms with E-state index < -0.39 is 24.5 Å². The molecule has 0 fully saturated rings. The molecule has 0 aliphatic rings. The van der Waals surface area contributed by atoms with E-state index >= 15 is 0 Å². The van der Waals surface area contributed by atoms with Crippen LogP contribution in [0.15, 0.2) is 6.07 Å². The van der Waals surface area contributed by atoms with E-state index in [1.807, 2.05) is 0 Å². The number of pyridine rings is 1. The summed E-state index contributed by atoms with van der Waals surface area (Å²) in [5.41, 5.74) is 0.200. The lowest BCUT2D eigenvalue weighted by atomic mass is 10.2. The van der Waals surface area contributed by atoms with E-state index in [-0.39, 0.29) is 11.4 Å². The molecule has 0 saturated heterocycles. The highest BCUT2D eigenvalue weighted by molar-refractivity contribution is 5.73. The van der Waals surface area contributed by atoms with Crippen LogP contribution in [0.4, 0.5) is 13.2 Å². The number of esters is 1. The zero-order valence-corrected chi connectivity index (χ0v) is 10.5. The van der Waals surface area contributed by atoms with Gasteiger partial charge in [-0.2, -0.15) is 0 Å². The molecule has 5 nitrogen and oxygen atoms in total. The first-order chi connectivity index (χ1) is 8.76. The predicted molar refractivity (Wildman–Crippen MR) is 57.9 cm³/mol. The summed E-state index contributed by atoms with van der Waals surface area (Å²) in [5.74, 6) is -1.51. The molecule has 0 aromatic carbocycles. The van der Waals surface area contributed by atoms with Gasteiger partial charge in [0.1, 0.15) is 0 Å². The third kappa shape index (κ3) is 4.31. The number of methoxy groups -OCH3 is 2. The molecule has 1 rings (SSSR count). The maximum absolute atomic E-state index is 12.3. The summed E-state index contributed by atoms with van der Waals surface area (Å²) in [6.45, 7) is 1.56. The maximum Gasteiger partial charge on any atom is 0.573 e. The van der Waals surface area contributed by atoms with E-state index in [4.69, 9.17) is 4.74 Å². The third-order valence-corrected chi connectivity index (χ3v) is 2.11. The molecular weight excluding hydrogens is 267 g/mol. The number of aryl methyl sites for hydroxylation is 1. The normalized spacial score (nSPS) is 11.1. The van der Waals surface area contributed by atoms with Crippen molar-refractivity contribution in [2.45, 2.75) is 19.7 Å². The zero-order chi connectivity index (χ0) is 14.6. The quantitative estimate of drug-likeness (QED) is 0.789. The summed E-state index contributed by atoms with van der Waals surface area (Å²) in [6, 6.07) is 1.28. The molecule has 0 spiro atoms. The van der Waals surface area contributed by atoms with Crippen LogP contribution in [0.3, 0.4) is 0 Å². The highest BCUT2D eigenvalue weighted by Gasteiger charge is 2.34. The van der Waals surface area contributed by atoms with Crippen LogP contribution < -0.4 is 9.47 Å². The minimum absolute atomic E-state index is 0.149. The molecule has 0 N–H and O–H groups in total. The zero-order valence-electron chi connectivity index (χ0n) is 10.5. The lowest BCUT2D eigenvalue weighted by Gasteiger charge is -2.16. The number of hydrogen-bond donors (Lipinski definition) is 0. The van der Waals surface area contributed by atoms with Crippen molar-refractivity contribution in [3.8, 4) is 11.5 Å². The molecule has 19 heavy (non-hydrogen) atoms. The van der Waals surface area contributed by atoms with Gasteiger partial charge in [-0.1, -0.05) is 0 Å². The van der Waals surface area contributed by atoms with E-state index in [1.54, 1.807) is 6.92 Å². The summed E-state index contributed by atoms with van der Waals surface area (Å²) in [4.78, 5) is 15.0. The first-order valence-electron chi connectivity index (χ1n) is 5.14. The predicted octanol–water partition coefficient (Wildman–Crippen LogP) is 2.01. The Labute approximate surface area is 107 Å². The Morgan fingerprint density at radius 2 is 2.00 bits per heavy atom. The lowest BCUT2D eigenvalue weighted by molar-refractivity contribution is -0.275. The van der Waals surface area contributed by atoms with Crippen molar-refractivity contribution in [1.29, 1.82) is 0 Å². The number of nitrogens with zero attached hydrogens (tertiary/aromatic N) is 1. The highest BCUT2D eigenvalue weighted by atomic mass is 19.4. The molecule has 0 radical (unpaired) electrons. The van der Waals surface area contributed by atoms with Crippen molar-refractivity contribution in [2.75, 3.05) is 14.2 Å². The van der Waals surface area contributed by atoms with E-state index in [1.165, 1.54) is 13.2 Å². The Balaban J connectivity index is 3.25. The van der Waals surface area contributed by atoms with Crippen molar-refractivity contribution in [3.63, 3.8) is 0 Å². The van der Waals surface area contributed by atoms with E-state index in [2.05, 4.69) is 14.5 Å². The van der Waals surface area contributed by atoms with Crippen molar-refractivity contribution >= 4 is 5.97 Å². The Bertz CT molecular complexity index is 474. The number of alkyl halides is 3. The molecule has 0 aliphatic heterocycles. The van der Waals surface area contributed by atoms with Crippen molar-refractivity contribution in [1.82, 2.24) is 4.98 Å². The number of carbonyl (C=O) groups is 1. The van der Waals surface area contributed by atoms with Gasteiger partial charge in [0.2, 0.25) is 0 Å². The Kier molecular flexibility index (Phi) is 4.57. The first-order valence-corrected chi connectivity index (χ1v) is 5.14. The fourth-order valence-electron chi connectivity index (χ4n) is 1.40. The first kappa shape index (κ1) is 15.1. The molecule has 0 bridgehead atoms. The van der Waals surface area contributed by atoms with Gasteiger partial charge in [-0.15, -0.1) is 13.2 Å². The van der Waals surface area contributed by atoms with Crippen LogP contribution in [0.1, 0.15) is 11.4 Å². The molecule has 0 atom stereocenters. The number of hydrogen-bond acceptors (Lipinski definition) is 5. The van der Waals surface area contributed by atoms with E-state index in [9.17, 15) is 18.0 Å². The van der Waals surface area contributed by atoms with Crippen LogP contribution in [0.2, 0.25) is 0 Å². The number of aromatic nitrogens is 1. The molecule has 1 heterocycles. The molecule has 0 saturated carbocycles. The van der Waals surface area contributed by atoms with Gasteiger partial charge in [0.15, 0.2) is 11.5 Å². The van der Waals surface area contributed by atoms with E-state index in [0.29, 0.717) is 5.69 Å². The van der Waals surface area contributed by atoms with E-state index in [0.717, 1.165) is 7.11 Å². The number of halogens is 3. The smallest absolute Gasteiger partial charge is 0.493 e. The second-order valence-electron chi connectivity index (χ2n) is 3.54. The number of carbonyl (C=O) groups excluding carboxylic acids is 1. The van der Waals surface area contributed by atoms with Crippen LogP contribution in [0.5, 0.6) is 11.5 Å². The lowest BCUT2D eigenvalue weighted by Crippen LogP contribution is -2.20. The molecule has 1 aromatic rings. The van der Waals surface area contributed by atoms with Crippen molar-refractivity contribution in [2.24, 2.45) is 0 Å². The minimum Gasteiger partial charge on any atom is -0.493 e. The summed E-state index contributed by atoms with van der Waals surface area (Å²) < 4.78 is 50.1.